The first-order valence-electron chi connectivity index (χ1n) is 35.8. The van der Waals surface area contributed by atoms with E-state index in [1.165, 1.54) is 84.8 Å². The fraction of sp³-hybridized carbons (Fsp3) is 0.150. The summed E-state index contributed by atoms with van der Waals surface area (Å²) in [6.07, 6.45) is 18.1. The molecule has 14 aromatic rings. The maximum absolute atomic E-state index is 11.0. The number of aromatic amines is 6. The van der Waals surface area contributed by atoms with Gasteiger partial charge in [0.1, 0.15) is 16.1 Å². The second-order valence-electron chi connectivity index (χ2n) is 24.2. The molecule has 0 amide bonds. The minimum Gasteiger partial charge on any atom is -0.399 e. The Bertz CT molecular complexity index is 5430. The zero-order valence-electron chi connectivity index (χ0n) is 66.6. The molecule has 0 aliphatic heterocycles. The van der Waals surface area contributed by atoms with Crippen LogP contribution in [-0.2, 0) is 0 Å². The molecule has 0 saturated heterocycles. The van der Waals surface area contributed by atoms with E-state index in [0.717, 1.165) is 73.3 Å². The molecule has 8 heterocycles. The molecule has 14 rings (SSSR count). The number of nitrogens with zero attached hydrogens (tertiary/aromatic N) is 12. The van der Waals surface area contributed by atoms with E-state index in [0.29, 0.717) is 91.0 Å². The Morgan fingerprint density at radius 2 is 0.724 bits per heavy atom. The summed E-state index contributed by atoms with van der Waals surface area (Å²) in [4.78, 5) is 113. The number of thioether (sulfide) groups is 2. The van der Waals surface area contributed by atoms with Gasteiger partial charge >= 0.3 is 0 Å². The molecule has 0 aliphatic rings. The van der Waals surface area contributed by atoms with Crippen molar-refractivity contribution in [2.75, 3.05) is 105 Å². The lowest BCUT2D eigenvalue weighted by atomic mass is 10.3. The minimum atomic E-state index is -0.200. The molecule has 43 heteroatoms. The molecule has 8 aromatic heterocycles. The summed E-state index contributed by atoms with van der Waals surface area (Å²) in [6.45, 7) is 3.84. The number of nitrogens with one attached hydrogen (secondary N) is 12. The van der Waals surface area contributed by atoms with Gasteiger partial charge < -0.3 is 68.1 Å². The topological polar surface area (TPSA) is 440 Å². The summed E-state index contributed by atoms with van der Waals surface area (Å²) < 4.78 is 0.359. The zero-order chi connectivity index (χ0) is 88.8. The first-order chi connectivity index (χ1) is 58.6. The number of aromatic nitrogens is 16. The first kappa shape index (κ1) is 105. The van der Waals surface area contributed by atoms with Gasteiger partial charge in [-0.05, 0) is 213 Å². The van der Waals surface area contributed by atoms with E-state index in [4.69, 9.17) is 104 Å². The fourth-order valence-corrected chi connectivity index (χ4v) is 10.8. The van der Waals surface area contributed by atoms with Crippen LogP contribution in [0.15, 0.2) is 278 Å². The monoisotopic (exact) mass is 1990 g/mol. The van der Waals surface area contributed by atoms with Gasteiger partial charge in [-0.15, -0.1) is 24.0 Å². The van der Waals surface area contributed by atoms with E-state index in [2.05, 4.69) is 162 Å². The Hall–Kier alpha value is -10.6. The third-order valence-electron chi connectivity index (χ3n) is 13.8. The number of nitrogen functional groups attached to an aromatic ring is 1. The Morgan fingerprint density at radius 1 is 0.390 bits per heavy atom. The van der Waals surface area contributed by atoms with Crippen LogP contribution in [0.5, 0.6) is 0 Å². The number of hydrogen-bond donors (Lipinski definition) is 14. The van der Waals surface area contributed by atoms with Crippen LogP contribution in [0.1, 0.15) is 12.8 Å². The van der Waals surface area contributed by atoms with Crippen LogP contribution in [0, 0.1) is 4.77 Å². The number of anilines is 12. The van der Waals surface area contributed by atoms with Crippen LogP contribution in [0.25, 0.3) is 0 Å². The van der Waals surface area contributed by atoms with Crippen molar-refractivity contribution in [2.24, 2.45) is 5.73 Å². The average Bonchev–Trinajstić information content (AvgIpc) is 0.894. The van der Waals surface area contributed by atoms with Crippen molar-refractivity contribution in [1.29, 1.82) is 0 Å². The predicted molar refractivity (Wildman–Crippen MR) is 520 cm³/mol. The molecule has 0 atom stereocenters. The third kappa shape index (κ3) is 49.3. The van der Waals surface area contributed by atoms with E-state index in [-0.39, 0.29) is 51.8 Å². The maximum Gasteiger partial charge on any atom is 0.252 e. The zero-order valence-corrected chi connectivity index (χ0v) is 77.4. The number of hydrogen-bond acceptors (Lipinski definition) is 28. The van der Waals surface area contributed by atoms with E-state index < -0.39 is 0 Å². The highest BCUT2D eigenvalue weighted by Crippen LogP contribution is 2.23. The standard InChI is InChI=1S/C15H20ClN5.2C10H7Cl2N3.2C10H8ClN3O.C6H6ClN.2C5H6N2OS.C5H14N2.C4H4N2OS.HI/c1-21(2)10-4-8-17-14-7-9-18-15(20-14)19-13-6-3-5-12(16)11-13;2*11-7-2-1-3-8(6-7)14-10-13-5-4-9(12)15-10;2*11-7-2-1-3-8(6-7)13-10-12-5-4-9(15)14-10;7-5-2-1-3-6(8)4-5;2*1-9-5-6-3-2-4(8)7-5;1-7(2)5-3-4-6;7-3-1-2-5-4(8)6-3;/h3,5-7,9,11H,4,8,10H2,1-2H3,(H2,17,18,19,20);2*1-6H,(H,13,14,15);2*1-6H,(H2,12,13,14,15);1-4H,8H2;2*2-3H,1H3,(H,6,7,8);3-6H2,1-2H3;1-2H,(H2,5,6,7,8);1H. The van der Waals surface area contributed by atoms with E-state index in [9.17, 15) is 24.0 Å². The first-order valence-corrected chi connectivity index (χ1v) is 41.7. The molecule has 31 nitrogen and oxygen atoms in total. The van der Waals surface area contributed by atoms with Crippen molar-refractivity contribution in [3.05, 3.63) is 341 Å². The van der Waals surface area contributed by atoms with E-state index in [1.807, 2.05) is 97.4 Å². The van der Waals surface area contributed by atoms with Gasteiger partial charge in [-0.25, -0.2) is 44.9 Å². The molecule has 0 saturated carbocycles. The highest BCUT2D eigenvalue weighted by atomic mass is 127. The van der Waals surface area contributed by atoms with Crippen LogP contribution in [0.4, 0.5) is 69.7 Å². The molecular formula is C80H87Cl8IN26O5S3. The van der Waals surface area contributed by atoms with Gasteiger partial charge in [0.15, 0.2) is 15.1 Å². The highest BCUT2D eigenvalue weighted by Gasteiger charge is 2.05. The SMILES string of the molecule is CN(C)CCCN.CN(C)CCCNc1ccnc(Nc2cccc(Cl)c2)n1.CSc1nccc(=O)[nH]1.CSc1nccc(=O)[nH]1.Clc1cccc(Nc2nccc(Cl)n2)c1.Clc1cccc(Nc2nccc(Cl)n2)c1.I.Nc1cccc(Cl)c1.O=c1cc[nH]c(=S)[nH]1.O=c1ccnc(Nc2cccc(Cl)c2)[nH]1.O=c1ccnc(Nc2cccc(Cl)c2)[nH]1. The van der Waals surface area contributed by atoms with Crippen molar-refractivity contribution < 1.29 is 0 Å². The summed E-state index contributed by atoms with van der Waals surface area (Å²) in [5.41, 5.74) is 14.6. The molecule has 0 aliphatic carbocycles. The predicted octanol–water partition coefficient (Wildman–Crippen LogP) is 18.5. The second kappa shape index (κ2) is 60.8. The Balaban J connectivity index is 0.000000292. The molecule has 0 spiro atoms. The number of H-pyrrole nitrogens is 6. The van der Waals surface area contributed by atoms with E-state index in [1.54, 1.807) is 97.5 Å². The van der Waals surface area contributed by atoms with Crippen molar-refractivity contribution in [2.45, 2.75) is 23.2 Å². The maximum atomic E-state index is 11.0. The number of nitrogens with two attached hydrogens (primary N) is 2. The van der Waals surface area contributed by atoms with Crippen LogP contribution >= 0.6 is 153 Å². The van der Waals surface area contributed by atoms with Crippen LogP contribution in [-0.4, -0.2) is 156 Å². The molecule has 0 unspecified atom stereocenters. The molecular weight excluding hydrogens is 1910 g/mol. The Morgan fingerprint density at radius 3 is 1.02 bits per heavy atom. The lowest BCUT2D eigenvalue weighted by Gasteiger charge is -2.11. The summed E-state index contributed by atoms with van der Waals surface area (Å²) >= 11 is 53.7. The van der Waals surface area contributed by atoms with Gasteiger partial charge in [-0.2, -0.15) is 4.98 Å². The van der Waals surface area contributed by atoms with Gasteiger partial charge in [0.2, 0.25) is 29.7 Å². The van der Waals surface area contributed by atoms with Crippen LogP contribution < -0.4 is 71.2 Å². The molecule has 0 fully saturated rings. The molecule has 0 radical (unpaired) electrons. The van der Waals surface area contributed by atoms with Crippen molar-refractivity contribution in [1.82, 2.24) is 89.5 Å². The molecule has 16 N–H and O–H groups in total. The number of rotatable bonds is 20. The minimum absolute atomic E-state index is 0. The van der Waals surface area contributed by atoms with Gasteiger partial charge in [-0.1, -0.05) is 153 Å². The van der Waals surface area contributed by atoms with Gasteiger partial charge in [0, 0.05) is 151 Å². The number of halogens is 9. The normalized spacial score (nSPS) is 9.83. The lowest BCUT2D eigenvalue weighted by molar-refractivity contribution is 0.403. The summed E-state index contributed by atoms with van der Waals surface area (Å²) in [7, 11) is 8.24. The molecule has 0 bridgehead atoms. The smallest absolute Gasteiger partial charge is 0.252 e. The summed E-state index contributed by atoms with van der Waals surface area (Å²) in [6, 6.07) is 55.4. The molecule has 648 valence electrons. The van der Waals surface area contributed by atoms with Gasteiger partial charge in [-0.3, -0.25) is 38.9 Å². The van der Waals surface area contributed by atoms with Crippen LogP contribution in [0.3, 0.4) is 0 Å². The number of benzene rings is 6. The van der Waals surface area contributed by atoms with Gasteiger partial charge in [0.25, 0.3) is 27.8 Å². The van der Waals surface area contributed by atoms with Crippen molar-refractivity contribution >= 4 is 222 Å². The Kier molecular flexibility index (Phi) is 51.8. The average molecular weight is 2000 g/mol. The molecule has 6 aromatic carbocycles. The summed E-state index contributed by atoms with van der Waals surface area (Å²) in [5, 5.41) is 24.3. The van der Waals surface area contributed by atoms with Gasteiger partial charge in [0.05, 0.1) is 0 Å². The fourth-order valence-electron chi connectivity index (χ4n) is 8.49. The molecule has 123 heavy (non-hydrogen) atoms. The third-order valence-corrected chi connectivity index (χ3v) is 17.0. The van der Waals surface area contributed by atoms with Crippen molar-refractivity contribution in [3.8, 4) is 0 Å². The summed E-state index contributed by atoms with van der Waals surface area (Å²) in [5.74, 6) is 3.05. The second-order valence-corrected chi connectivity index (χ2v) is 29.6. The quantitative estimate of drug-likeness (QED) is 0.00641. The largest absolute Gasteiger partial charge is 0.399 e. The van der Waals surface area contributed by atoms with E-state index >= 15 is 0 Å². The Labute approximate surface area is 779 Å². The van der Waals surface area contributed by atoms with Crippen LogP contribution in [0.2, 0.25) is 40.4 Å². The van der Waals surface area contributed by atoms with Crippen molar-refractivity contribution in [3.63, 3.8) is 0 Å². The highest BCUT2D eigenvalue weighted by molar-refractivity contribution is 14.0. The lowest BCUT2D eigenvalue weighted by Crippen LogP contribution is -2.16.